The second kappa shape index (κ2) is 4.69. The molecule has 2 N–H and O–H groups in total. The second-order valence-electron chi connectivity index (χ2n) is 7.43. The van der Waals surface area contributed by atoms with Crippen molar-refractivity contribution in [3.05, 3.63) is 0 Å². The van der Waals surface area contributed by atoms with Crippen LogP contribution >= 0.6 is 0 Å². The van der Waals surface area contributed by atoms with Crippen LogP contribution in [0.2, 0.25) is 0 Å². The van der Waals surface area contributed by atoms with Crippen molar-refractivity contribution in [2.45, 2.75) is 50.9 Å². The fraction of sp³-hybridized carbons (Fsp3) is 1.00. The molecule has 4 heteroatoms. The summed E-state index contributed by atoms with van der Waals surface area (Å²) in [6.07, 6.45) is 2.95. The van der Waals surface area contributed by atoms with E-state index in [4.69, 9.17) is 10.5 Å². The number of ether oxygens (including phenoxy) is 1. The van der Waals surface area contributed by atoms with Crippen molar-refractivity contribution in [1.29, 1.82) is 0 Å². The first kappa shape index (κ1) is 13.8. The van der Waals surface area contributed by atoms with Crippen molar-refractivity contribution in [3.63, 3.8) is 0 Å². The molecule has 2 atom stereocenters. The average molecular weight is 267 g/mol. The Morgan fingerprint density at radius 1 is 1.21 bits per heavy atom. The SMILES string of the molecule is CC1CN(C2(CN)CN3CCC2CC3)CC(C)(C)O1. The summed E-state index contributed by atoms with van der Waals surface area (Å²) in [5.41, 5.74) is 6.43. The molecule has 0 aromatic carbocycles. The van der Waals surface area contributed by atoms with E-state index in [0.717, 1.165) is 32.1 Å². The molecule has 0 amide bonds. The maximum atomic E-state index is 6.28. The van der Waals surface area contributed by atoms with E-state index in [2.05, 4.69) is 30.6 Å². The number of morpholine rings is 1. The Balaban J connectivity index is 1.85. The first-order chi connectivity index (χ1) is 8.95. The molecule has 0 radical (unpaired) electrons. The molecular weight excluding hydrogens is 238 g/mol. The Morgan fingerprint density at radius 3 is 2.37 bits per heavy atom. The van der Waals surface area contributed by atoms with Crippen molar-refractivity contribution >= 4 is 0 Å². The Labute approximate surface area is 117 Å². The zero-order valence-corrected chi connectivity index (χ0v) is 12.7. The minimum absolute atomic E-state index is 0.0497. The molecule has 4 nitrogen and oxygen atoms in total. The van der Waals surface area contributed by atoms with E-state index in [1.807, 2.05) is 0 Å². The van der Waals surface area contributed by atoms with Gasteiger partial charge in [0.1, 0.15) is 0 Å². The summed E-state index contributed by atoms with van der Waals surface area (Å²) in [6.45, 7) is 13.2. The number of nitrogens with zero attached hydrogens (tertiary/aromatic N) is 2. The van der Waals surface area contributed by atoms with Gasteiger partial charge in [-0.25, -0.2) is 0 Å². The third-order valence-electron chi connectivity index (χ3n) is 5.40. The van der Waals surface area contributed by atoms with Crippen LogP contribution in [0.4, 0.5) is 0 Å². The Bertz CT molecular complexity index is 338. The van der Waals surface area contributed by atoms with Gasteiger partial charge in [-0.2, -0.15) is 0 Å². The van der Waals surface area contributed by atoms with Gasteiger partial charge in [0.2, 0.25) is 0 Å². The van der Waals surface area contributed by atoms with Gasteiger partial charge in [-0.3, -0.25) is 4.90 Å². The highest BCUT2D eigenvalue weighted by Crippen LogP contribution is 2.41. The van der Waals surface area contributed by atoms with E-state index in [1.165, 1.54) is 25.9 Å². The lowest BCUT2D eigenvalue weighted by Gasteiger charge is -2.60. The number of nitrogens with two attached hydrogens (primary N) is 1. The standard InChI is InChI=1S/C15H29N3O/c1-12-8-18(10-14(2,3)19-12)15(9-16)11-17-6-4-13(15)5-7-17/h12-13H,4-11,16H2,1-3H3. The molecule has 110 valence electrons. The maximum absolute atomic E-state index is 6.28. The lowest BCUT2D eigenvalue weighted by molar-refractivity contribution is -0.178. The molecule has 0 saturated carbocycles. The van der Waals surface area contributed by atoms with Gasteiger partial charge in [0.25, 0.3) is 0 Å². The van der Waals surface area contributed by atoms with Crippen LogP contribution in [0.3, 0.4) is 0 Å². The van der Waals surface area contributed by atoms with Crippen LogP contribution in [-0.2, 0) is 4.74 Å². The first-order valence-corrected chi connectivity index (χ1v) is 7.80. The quantitative estimate of drug-likeness (QED) is 0.807. The third kappa shape index (κ3) is 2.33. The number of hydrogen-bond donors (Lipinski definition) is 1. The zero-order chi connectivity index (χ0) is 13.7. The maximum Gasteiger partial charge on any atom is 0.0757 e. The van der Waals surface area contributed by atoms with E-state index in [9.17, 15) is 0 Å². The molecule has 4 heterocycles. The van der Waals surface area contributed by atoms with Gasteiger partial charge in [0.05, 0.1) is 11.7 Å². The van der Waals surface area contributed by atoms with E-state index in [1.54, 1.807) is 0 Å². The van der Waals surface area contributed by atoms with Crippen LogP contribution < -0.4 is 5.73 Å². The van der Waals surface area contributed by atoms with Crippen molar-refractivity contribution in [1.82, 2.24) is 9.80 Å². The molecule has 4 aliphatic rings. The molecular formula is C15H29N3O. The Kier molecular flexibility index (Phi) is 3.41. The van der Waals surface area contributed by atoms with Gasteiger partial charge in [0, 0.05) is 31.7 Å². The molecule has 0 aliphatic carbocycles. The van der Waals surface area contributed by atoms with Gasteiger partial charge in [0.15, 0.2) is 0 Å². The summed E-state index contributed by atoms with van der Waals surface area (Å²) >= 11 is 0. The van der Waals surface area contributed by atoms with Gasteiger partial charge in [-0.1, -0.05) is 0 Å². The predicted molar refractivity (Wildman–Crippen MR) is 77.1 cm³/mol. The molecule has 2 bridgehead atoms. The predicted octanol–water partition coefficient (Wildman–Crippen LogP) is 0.909. The normalized spacial score (nSPS) is 46.4. The van der Waals surface area contributed by atoms with E-state index in [-0.39, 0.29) is 11.1 Å². The molecule has 2 unspecified atom stereocenters. The molecule has 0 aromatic rings. The van der Waals surface area contributed by atoms with Crippen molar-refractivity contribution in [2.75, 3.05) is 39.3 Å². The third-order valence-corrected chi connectivity index (χ3v) is 5.40. The van der Waals surface area contributed by atoms with Gasteiger partial charge in [-0.15, -0.1) is 0 Å². The topological polar surface area (TPSA) is 41.7 Å². The summed E-state index contributed by atoms with van der Waals surface area (Å²) in [7, 11) is 0. The lowest BCUT2D eigenvalue weighted by Crippen LogP contribution is -2.73. The fourth-order valence-electron chi connectivity index (χ4n) is 4.66. The summed E-state index contributed by atoms with van der Waals surface area (Å²) < 4.78 is 6.07. The fourth-order valence-corrected chi connectivity index (χ4v) is 4.66. The van der Waals surface area contributed by atoms with Gasteiger partial charge < -0.3 is 15.4 Å². The Morgan fingerprint density at radius 2 is 1.89 bits per heavy atom. The van der Waals surface area contributed by atoms with Gasteiger partial charge in [-0.05, 0) is 52.6 Å². The highest BCUT2D eigenvalue weighted by Gasteiger charge is 2.51. The Hall–Kier alpha value is -0.160. The zero-order valence-electron chi connectivity index (χ0n) is 12.7. The van der Waals surface area contributed by atoms with Crippen molar-refractivity contribution in [3.8, 4) is 0 Å². The van der Waals surface area contributed by atoms with Crippen LogP contribution in [0.15, 0.2) is 0 Å². The largest absolute Gasteiger partial charge is 0.370 e. The molecule has 4 fully saturated rings. The summed E-state index contributed by atoms with van der Waals surface area (Å²) in [4.78, 5) is 5.27. The number of rotatable bonds is 2. The molecule has 0 aromatic heterocycles. The van der Waals surface area contributed by atoms with Crippen molar-refractivity contribution in [2.24, 2.45) is 11.7 Å². The molecule has 4 saturated heterocycles. The van der Waals surface area contributed by atoms with Crippen LogP contribution in [0.5, 0.6) is 0 Å². The minimum atomic E-state index is -0.0497. The van der Waals surface area contributed by atoms with Crippen LogP contribution in [0, 0.1) is 5.92 Å². The monoisotopic (exact) mass is 267 g/mol. The number of fused-ring (bicyclic) bond motifs is 3. The highest BCUT2D eigenvalue weighted by atomic mass is 16.5. The second-order valence-corrected chi connectivity index (χ2v) is 7.43. The molecule has 19 heavy (non-hydrogen) atoms. The molecule has 0 spiro atoms. The molecule has 4 aliphatic heterocycles. The van der Waals surface area contributed by atoms with E-state index < -0.39 is 0 Å². The van der Waals surface area contributed by atoms with E-state index in [0.29, 0.717) is 6.10 Å². The van der Waals surface area contributed by atoms with Crippen LogP contribution in [-0.4, -0.2) is 66.3 Å². The number of hydrogen-bond acceptors (Lipinski definition) is 4. The van der Waals surface area contributed by atoms with E-state index >= 15 is 0 Å². The molecule has 4 rings (SSSR count). The minimum Gasteiger partial charge on any atom is -0.370 e. The summed E-state index contributed by atoms with van der Waals surface area (Å²) in [5.74, 6) is 0.781. The summed E-state index contributed by atoms with van der Waals surface area (Å²) in [5, 5.41) is 0. The van der Waals surface area contributed by atoms with Gasteiger partial charge >= 0.3 is 0 Å². The first-order valence-electron chi connectivity index (χ1n) is 7.80. The number of piperidine rings is 3. The highest BCUT2D eigenvalue weighted by molar-refractivity contribution is 5.08. The van der Waals surface area contributed by atoms with Crippen molar-refractivity contribution < 1.29 is 4.74 Å². The van der Waals surface area contributed by atoms with Crippen LogP contribution in [0.25, 0.3) is 0 Å². The summed E-state index contributed by atoms with van der Waals surface area (Å²) in [6, 6.07) is 0. The van der Waals surface area contributed by atoms with Crippen LogP contribution in [0.1, 0.15) is 33.6 Å². The smallest absolute Gasteiger partial charge is 0.0757 e. The average Bonchev–Trinajstić information content (AvgIpc) is 2.37. The lowest BCUT2D eigenvalue weighted by atomic mass is 9.71.